The van der Waals surface area contributed by atoms with Crippen LogP contribution in [0, 0.1) is 5.41 Å². The quantitative estimate of drug-likeness (QED) is 0.685. The van der Waals surface area contributed by atoms with E-state index in [-0.39, 0.29) is 10.6 Å². The second-order valence-electron chi connectivity index (χ2n) is 3.97. The van der Waals surface area contributed by atoms with Crippen molar-refractivity contribution in [1.82, 2.24) is 4.31 Å². The Balaban J connectivity index is 2.71. The van der Waals surface area contributed by atoms with Crippen molar-refractivity contribution in [3.8, 4) is 0 Å². The van der Waals surface area contributed by atoms with Gasteiger partial charge in [0.05, 0.1) is 0 Å². The van der Waals surface area contributed by atoms with E-state index in [2.05, 4.69) is 13.8 Å². The Morgan fingerprint density at radius 2 is 2.15 bits per heavy atom. The van der Waals surface area contributed by atoms with Crippen molar-refractivity contribution >= 4 is 21.6 Å². The topological polar surface area (TPSA) is 37.4 Å². The molecule has 1 rings (SSSR count). The molecule has 1 aliphatic rings. The zero-order chi connectivity index (χ0) is 10.1. The molecule has 0 spiro atoms. The fourth-order valence-corrected chi connectivity index (χ4v) is 3.00. The van der Waals surface area contributed by atoms with Gasteiger partial charge in [-0.05, 0) is 18.3 Å². The molecule has 1 atom stereocenters. The Hall–Kier alpha value is 0.200. The minimum atomic E-state index is -3.18. The first-order valence-corrected chi connectivity index (χ1v) is 6.62. The zero-order valence-corrected chi connectivity index (χ0v) is 9.66. The van der Waals surface area contributed by atoms with Gasteiger partial charge in [-0.15, -0.1) is 11.6 Å². The van der Waals surface area contributed by atoms with Crippen LogP contribution in [0.1, 0.15) is 26.7 Å². The van der Waals surface area contributed by atoms with Gasteiger partial charge in [-0.3, -0.25) is 0 Å². The molecule has 0 radical (unpaired) electrons. The van der Waals surface area contributed by atoms with Crippen LogP contribution in [0.4, 0.5) is 0 Å². The standard InChI is InChI=1S/C8H16ClNO2S/c1-3-8(2)4-5-10(6-8)13(11,12)7-9/h3-7H2,1-2H3. The van der Waals surface area contributed by atoms with E-state index < -0.39 is 10.0 Å². The molecule has 1 aliphatic heterocycles. The highest BCUT2D eigenvalue weighted by molar-refractivity contribution is 7.90. The smallest absolute Gasteiger partial charge is 0.211 e. The van der Waals surface area contributed by atoms with Crippen LogP contribution in [0.15, 0.2) is 0 Å². The molecule has 1 unspecified atom stereocenters. The highest BCUT2D eigenvalue weighted by Crippen LogP contribution is 2.34. The lowest BCUT2D eigenvalue weighted by molar-refractivity contribution is 0.327. The third-order valence-electron chi connectivity index (χ3n) is 2.91. The van der Waals surface area contributed by atoms with Crippen molar-refractivity contribution in [3.63, 3.8) is 0 Å². The molecule has 5 heteroatoms. The minimum absolute atomic E-state index is 0.152. The monoisotopic (exact) mass is 225 g/mol. The van der Waals surface area contributed by atoms with E-state index in [1.807, 2.05) is 0 Å². The molecule has 1 saturated heterocycles. The Bertz CT molecular complexity index is 278. The maximum absolute atomic E-state index is 11.4. The van der Waals surface area contributed by atoms with Crippen LogP contribution >= 0.6 is 11.6 Å². The van der Waals surface area contributed by atoms with Crippen molar-refractivity contribution in [2.24, 2.45) is 5.41 Å². The summed E-state index contributed by atoms with van der Waals surface area (Å²) in [5.74, 6) is 0. The highest BCUT2D eigenvalue weighted by atomic mass is 35.5. The third-order valence-corrected chi connectivity index (χ3v) is 5.11. The van der Waals surface area contributed by atoms with Crippen LogP contribution in [-0.4, -0.2) is 31.0 Å². The molecular formula is C8H16ClNO2S. The van der Waals surface area contributed by atoms with Crippen molar-refractivity contribution in [2.75, 3.05) is 18.3 Å². The summed E-state index contributed by atoms with van der Waals surface area (Å²) in [5.41, 5.74) is 0.152. The fraction of sp³-hybridized carbons (Fsp3) is 1.00. The van der Waals surface area contributed by atoms with Crippen molar-refractivity contribution in [3.05, 3.63) is 0 Å². The van der Waals surface area contributed by atoms with Crippen LogP contribution in [-0.2, 0) is 10.0 Å². The molecule has 1 heterocycles. The summed E-state index contributed by atoms with van der Waals surface area (Å²) in [6.07, 6.45) is 1.96. The van der Waals surface area contributed by atoms with Gasteiger partial charge in [0.2, 0.25) is 10.0 Å². The molecule has 0 amide bonds. The summed E-state index contributed by atoms with van der Waals surface area (Å²) < 4.78 is 24.3. The van der Waals surface area contributed by atoms with E-state index in [9.17, 15) is 8.42 Å². The molecule has 78 valence electrons. The summed E-state index contributed by atoms with van der Waals surface area (Å²) in [4.78, 5) is 0. The maximum Gasteiger partial charge on any atom is 0.228 e. The van der Waals surface area contributed by atoms with Gasteiger partial charge in [-0.25, -0.2) is 12.7 Å². The molecule has 0 bridgehead atoms. The van der Waals surface area contributed by atoms with Gasteiger partial charge in [0.1, 0.15) is 5.21 Å². The van der Waals surface area contributed by atoms with Gasteiger partial charge >= 0.3 is 0 Å². The average Bonchev–Trinajstić information content (AvgIpc) is 2.50. The van der Waals surface area contributed by atoms with Crippen LogP contribution in [0.2, 0.25) is 0 Å². The number of halogens is 1. The van der Waals surface area contributed by atoms with Crippen molar-refractivity contribution in [2.45, 2.75) is 26.7 Å². The van der Waals surface area contributed by atoms with Crippen molar-refractivity contribution < 1.29 is 8.42 Å². The number of alkyl halides is 1. The van der Waals surface area contributed by atoms with E-state index >= 15 is 0 Å². The third kappa shape index (κ3) is 2.36. The lowest BCUT2D eigenvalue weighted by Crippen LogP contribution is -2.31. The van der Waals surface area contributed by atoms with E-state index in [1.54, 1.807) is 0 Å². The summed E-state index contributed by atoms with van der Waals surface area (Å²) in [6.45, 7) is 5.46. The summed E-state index contributed by atoms with van der Waals surface area (Å²) in [5, 5.41) is -0.299. The fourth-order valence-electron chi connectivity index (χ4n) is 1.57. The van der Waals surface area contributed by atoms with E-state index in [1.165, 1.54) is 4.31 Å². The Labute approximate surface area is 85.1 Å². The lowest BCUT2D eigenvalue weighted by Gasteiger charge is -2.21. The number of hydrogen-bond acceptors (Lipinski definition) is 2. The predicted molar refractivity (Wildman–Crippen MR) is 54.2 cm³/mol. The highest BCUT2D eigenvalue weighted by Gasteiger charge is 2.37. The number of nitrogens with zero attached hydrogens (tertiary/aromatic N) is 1. The first kappa shape index (κ1) is 11.3. The summed E-state index contributed by atoms with van der Waals surface area (Å²) in [7, 11) is -3.18. The molecule has 1 fully saturated rings. The molecule has 3 nitrogen and oxygen atoms in total. The summed E-state index contributed by atoms with van der Waals surface area (Å²) in [6, 6.07) is 0. The van der Waals surface area contributed by atoms with Gasteiger partial charge in [0, 0.05) is 13.1 Å². The normalized spacial score (nSPS) is 31.0. The average molecular weight is 226 g/mol. The second-order valence-corrected chi connectivity index (χ2v) is 6.52. The molecule has 0 saturated carbocycles. The molecular weight excluding hydrogens is 210 g/mol. The molecule has 0 aliphatic carbocycles. The molecule has 13 heavy (non-hydrogen) atoms. The van der Waals surface area contributed by atoms with Gasteiger partial charge in [0.15, 0.2) is 0 Å². The zero-order valence-electron chi connectivity index (χ0n) is 8.09. The van der Waals surface area contributed by atoms with Crippen molar-refractivity contribution in [1.29, 1.82) is 0 Å². The largest absolute Gasteiger partial charge is 0.228 e. The molecule has 0 aromatic rings. The van der Waals surface area contributed by atoms with E-state index in [4.69, 9.17) is 11.6 Å². The first-order chi connectivity index (χ1) is 5.93. The summed E-state index contributed by atoms with van der Waals surface area (Å²) >= 11 is 5.38. The van der Waals surface area contributed by atoms with Gasteiger partial charge < -0.3 is 0 Å². The first-order valence-electron chi connectivity index (χ1n) is 4.47. The molecule has 0 aromatic carbocycles. The van der Waals surface area contributed by atoms with Gasteiger partial charge in [-0.1, -0.05) is 13.8 Å². The van der Waals surface area contributed by atoms with Gasteiger partial charge in [-0.2, -0.15) is 0 Å². The number of hydrogen-bond donors (Lipinski definition) is 0. The second kappa shape index (κ2) is 3.75. The Kier molecular flexibility index (Phi) is 3.25. The minimum Gasteiger partial charge on any atom is -0.211 e. The molecule has 0 aromatic heterocycles. The predicted octanol–water partition coefficient (Wildman–Crippen LogP) is 1.63. The van der Waals surface area contributed by atoms with Crippen LogP contribution in [0.25, 0.3) is 0 Å². The number of sulfonamides is 1. The Morgan fingerprint density at radius 1 is 1.54 bits per heavy atom. The molecule has 0 N–H and O–H groups in total. The lowest BCUT2D eigenvalue weighted by atomic mass is 9.87. The van der Waals surface area contributed by atoms with E-state index in [0.29, 0.717) is 13.1 Å². The van der Waals surface area contributed by atoms with Crippen LogP contribution in [0.5, 0.6) is 0 Å². The number of rotatable bonds is 3. The van der Waals surface area contributed by atoms with E-state index in [0.717, 1.165) is 12.8 Å². The maximum atomic E-state index is 11.4. The van der Waals surface area contributed by atoms with Crippen LogP contribution in [0.3, 0.4) is 0 Å². The Morgan fingerprint density at radius 3 is 2.54 bits per heavy atom. The SMILES string of the molecule is CCC1(C)CCN(S(=O)(=O)CCl)C1. The van der Waals surface area contributed by atoms with Gasteiger partial charge in [0.25, 0.3) is 0 Å². The van der Waals surface area contributed by atoms with Crippen LogP contribution < -0.4 is 0 Å².